The number of fused-ring (bicyclic) bond motifs is 5. The number of nitrogens with one attached hydrogen (secondary N) is 2. The van der Waals surface area contributed by atoms with Gasteiger partial charge in [0.2, 0.25) is 0 Å². The summed E-state index contributed by atoms with van der Waals surface area (Å²) in [7, 11) is 1.62. The van der Waals surface area contributed by atoms with E-state index in [1.54, 1.807) is 31.3 Å². The summed E-state index contributed by atoms with van der Waals surface area (Å²) in [6.07, 6.45) is 5.48. The molecule has 192 valence electrons. The predicted octanol–water partition coefficient (Wildman–Crippen LogP) is 2.90. The molecule has 0 atom stereocenters. The lowest BCUT2D eigenvalue weighted by Crippen LogP contribution is -2.48. The van der Waals surface area contributed by atoms with Crippen LogP contribution in [0.3, 0.4) is 0 Å². The summed E-state index contributed by atoms with van der Waals surface area (Å²) in [5, 5.41) is 10.0. The van der Waals surface area contributed by atoms with Crippen molar-refractivity contribution >= 4 is 28.6 Å². The lowest BCUT2D eigenvalue weighted by Gasteiger charge is -2.49. The van der Waals surface area contributed by atoms with E-state index in [1.807, 2.05) is 0 Å². The molecule has 4 aromatic rings. The summed E-state index contributed by atoms with van der Waals surface area (Å²) in [6, 6.07) is 8.28. The van der Waals surface area contributed by atoms with Crippen molar-refractivity contribution in [2.75, 3.05) is 6.54 Å². The quantitative estimate of drug-likeness (QED) is 0.415. The SMILES string of the molecule is Cn1c(=O)oc2ccc(CNC(=O)c3cc(C(=O)NCC45CCC(F)(CC4)CC5)n4nccc4n3)cc21. The fourth-order valence-electron chi connectivity index (χ4n) is 5.59. The van der Waals surface area contributed by atoms with Crippen molar-refractivity contribution in [2.45, 2.75) is 50.7 Å². The first kappa shape index (κ1) is 23.4. The number of nitrogens with zero attached hydrogens (tertiary/aromatic N) is 4. The molecule has 0 aliphatic heterocycles. The summed E-state index contributed by atoms with van der Waals surface area (Å²) < 4.78 is 22.5. The van der Waals surface area contributed by atoms with Crippen LogP contribution in [0.15, 0.2) is 45.7 Å². The van der Waals surface area contributed by atoms with Crippen molar-refractivity contribution in [3.63, 3.8) is 0 Å². The summed E-state index contributed by atoms with van der Waals surface area (Å²) >= 11 is 0. The van der Waals surface area contributed by atoms with Gasteiger partial charge in [0.05, 0.1) is 11.7 Å². The van der Waals surface area contributed by atoms with Crippen molar-refractivity contribution in [3.8, 4) is 0 Å². The molecule has 3 aromatic heterocycles. The molecular weight excluding hydrogens is 479 g/mol. The summed E-state index contributed by atoms with van der Waals surface area (Å²) in [4.78, 5) is 42.3. The second-order valence-electron chi connectivity index (χ2n) is 10.4. The van der Waals surface area contributed by atoms with Crippen molar-refractivity contribution in [3.05, 3.63) is 64.0 Å². The van der Waals surface area contributed by atoms with Crippen LogP contribution in [0.25, 0.3) is 16.7 Å². The minimum atomic E-state index is -1.03. The zero-order valence-electron chi connectivity index (χ0n) is 20.4. The van der Waals surface area contributed by atoms with Gasteiger partial charge in [-0.25, -0.2) is 18.7 Å². The second kappa shape index (κ2) is 8.53. The molecule has 37 heavy (non-hydrogen) atoms. The Hall–Kier alpha value is -4.02. The summed E-state index contributed by atoms with van der Waals surface area (Å²) in [6.45, 7) is 0.661. The molecule has 2 bridgehead atoms. The van der Waals surface area contributed by atoms with Gasteiger partial charge in [0, 0.05) is 32.3 Å². The van der Waals surface area contributed by atoms with Crippen LogP contribution in [0, 0.1) is 5.41 Å². The number of aryl methyl sites for hydroxylation is 1. The van der Waals surface area contributed by atoms with E-state index in [0.29, 0.717) is 42.6 Å². The van der Waals surface area contributed by atoms with E-state index in [1.165, 1.54) is 21.3 Å². The average Bonchev–Trinajstić information content (AvgIpc) is 3.50. The monoisotopic (exact) mass is 506 g/mol. The van der Waals surface area contributed by atoms with E-state index in [4.69, 9.17) is 4.42 Å². The predicted molar refractivity (Wildman–Crippen MR) is 132 cm³/mol. The molecule has 10 nitrogen and oxygen atoms in total. The number of halogens is 1. The Morgan fingerprint density at radius 2 is 1.81 bits per heavy atom. The largest absolute Gasteiger partial charge is 0.419 e. The summed E-state index contributed by atoms with van der Waals surface area (Å²) in [5.41, 5.74) is 1.45. The van der Waals surface area contributed by atoms with E-state index >= 15 is 0 Å². The van der Waals surface area contributed by atoms with Gasteiger partial charge in [-0.15, -0.1) is 0 Å². The maximum Gasteiger partial charge on any atom is 0.419 e. The van der Waals surface area contributed by atoms with Crippen LogP contribution in [-0.2, 0) is 13.6 Å². The summed E-state index contributed by atoms with van der Waals surface area (Å²) in [5.74, 6) is -1.26. The number of rotatable bonds is 6. The molecule has 11 heteroatoms. The van der Waals surface area contributed by atoms with Gasteiger partial charge in [-0.1, -0.05) is 6.07 Å². The minimum Gasteiger partial charge on any atom is -0.408 e. The van der Waals surface area contributed by atoms with Crippen LogP contribution in [0.5, 0.6) is 0 Å². The standard InChI is InChI=1S/C26H27FN6O4/c1-32-18-12-16(2-3-20(18)37-24(32)36)14-28-22(34)17-13-19(33-21(31-17)4-11-30-33)23(35)29-15-25-5-8-26(27,9-6-25)10-7-25/h2-4,11-13H,5-10,14-15H2,1H3,(H,28,34)(H,29,35). The highest BCUT2D eigenvalue weighted by atomic mass is 19.1. The molecule has 3 aliphatic rings. The average molecular weight is 507 g/mol. The molecule has 3 heterocycles. The molecule has 7 rings (SSSR count). The maximum absolute atomic E-state index is 14.5. The van der Waals surface area contributed by atoms with E-state index in [2.05, 4.69) is 20.7 Å². The van der Waals surface area contributed by atoms with E-state index in [-0.39, 0.29) is 29.3 Å². The highest BCUT2D eigenvalue weighted by Crippen LogP contribution is 2.53. The number of oxazole rings is 1. The Labute approximate surface area is 210 Å². The molecule has 2 amide bonds. The number of aromatic nitrogens is 4. The first-order valence-electron chi connectivity index (χ1n) is 12.4. The van der Waals surface area contributed by atoms with Crippen molar-refractivity contribution in [1.82, 2.24) is 29.8 Å². The molecule has 0 saturated heterocycles. The van der Waals surface area contributed by atoms with Crippen LogP contribution in [-0.4, -0.2) is 43.2 Å². The fourth-order valence-corrected chi connectivity index (χ4v) is 5.59. The molecular formula is C26H27FN6O4. The molecule has 1 aromatic carbocycles. The zero-order chi connectivity index (χ0) is 25.8. The van der Waals surface area contributed by atoms with Gasteiger partial charge in [-0.05, 0) is 61.6 Å². The number of benzene rings is 1. The van der Waals surface area contributed by atoms with Gasteiger partial charge in [0.25, 0.3) is 11.8 Å². The zero-order valence-corrected chi connectivity index (χ0v) is 20.4. The third-order valence-corrected chi connectivity index (χ3v) is 8.07. The van der Waals surface area contributed by atoms with Gasteiger partial charge in [-0.3, -0.25) is 14.2 Å². The Balaban J connectivity index is 1.18. The Bertz CT molecular complexity index is 1580. The third-order valence-electron chi connectivity index (χ3n) is 8.07. The number of hydrogen-bond acceptors (Lipinski definition) is 6. The number of carbonyl (C=O) groups excluding carboxylic acids is 2. The first-order chi connectivity index (χ1) is 17.7. The van der Waals surface area contributed by atoms with Gasteiger partial charge >= 0.3 is 5.76 Å². The molecule has 3 aliphatic carbocycles. The van der Waals surface area contributed by atoms with Crippen LogP contribution < -0.4 is 16.4 Å². The number of amides is 2. The van der Waals surface area contributed by atoms with Crippen LogP contribution in [0.2, 0.25) is 0 Å². The fraction of sp³-hybridized carbons (Fsp3) is 0.423. The van der Waals surface area contributed by atoms with Crippen LogP contribution >= 0.6 is 0 Å². The van der Waals surface area contributed by atoms with Crippen molar-refractivity contribution < 1.29 is 18.4 Å². The van der Waals surface area contributed by atoms with Gasteiger partial charge in [0.1, 0.15) is 17.1 Å². The molecule has 3 fully saturated rings. The normalized spacial score (nSPS) is 23.0. The molecule has 0 radical (unpaired) electrons. The van der Waals surface area contributed by atoms with Gasteiger partial charge < -0.3 is 15.1 Å². The van der Waals surface area contributed by atoms with E-state index < -0.39 is 17.3 Å². The highest BCUT2D eigenvalue weighted by Gasteiger charge is 2.48. The minimum absolute atomic E-state index is 0.0699. The van der Waals surface area contributed by atoms with Gasteiger partial charge in [-0.2, -0.15) is 5.10 Å². The van der Waals surface area contributed by atoms with Gasteiger partial charge in [0.15, 0.2) is 11.2 Å². The third kappa shape index (κ3) is 4.17. The smallest absolute Gasteiger partial charge is 0.408 e. The molecule has 0 unspecified atom stereocenters. The second-order valence-corrected chi connectivity index (χ2v) is 10.4. The Morgan fingerprint density at radius 1 is 1.05 bits per heavy atom. The lowest BCUT2D eigenvalue weighted by molar-refractivity contribution is -0.0327. The number of carbonyl (C=O) groups is 2. The van der Waals surface area contributed by atoms with Crippen LogP contribution in [0.4, 0.5) is 4.39 Å². The van der Waals surface area contributed by atoms with E-state index in [0.717, 1.165) is 24.8 Å². The van der Waals surface area contributed by atoms with Crippen molar-refractivity contribution in [2.24, 2.45) is 12.5 Å². The van der Waals surface area contributed by atoms with E-state index in [9.17, 15) is 18.8 Å². The highest BCUT2D eigenvalue weighted by molar-refractivity contribution is 5.98. The number of alkyl halides is 1. The van der Waals surface area contributed by atoms with Crippen molar-refractivity contribution in [1.29, 1.82) is 0 Å². The Morgan fingerprint density at radius 3 is 2.57 bits per heavy atom. The molecule has 2 N–H and O–H groups in total. The van der Waals surface area contributed by atoms with Crippen LogP contribution in [0.1, 0.15) is 65.1 Å². The number of hydrogen-bond donors (Lipinski definition) is 2. The molecule has 3 saturated carbocycles. The lowest BCUT2D eigenvalue weighted by atomic mass is 9.59. The first-order valence-corrected chi connectivity index (χ1v) is 12.4. The Kier molecular flexibility index (Phi) is 5.39. The molecule has 0 spiro atoms. The maximum atomic E-state index is 14.5. The topological polar surface area (TPSA) is 124 Å².